The fraction of sp³-hybridized carbons (Fsp3) is 0.348. The lowest BCUT2D eigenvalue weighted by molar-refractivity contribution is -0.142. The first-order valence-corrected chi connectivity index (χ1v) is 11.2. The molecule has 32 heavy (non-hydrogen) atoms. The molecule has 1 aromatic carbocycles. The van der Waals surface area contributed by atoms with Crippen LogP contribution in [0.2, 0.25) is 0 Å². The first-order valence-electron chi connectivity index (χ1n) is 10.3. The van der Waals surface area contributed by atoms with Crippen LogP contribution in [0.25, 0.3) is 5.69 Å². The van der Waals surface area contributed by atoms with E-state index in [1.54, 1.807) is 11.4 Å². The van der Waals surface area contributed by atoms with Crippen LogP contribution >= 0.6 is 11.3 Å². The number of aromatic nitrogens is 2. The van der Waals surface area contributed by atoms with Gasteiger partial charge in [0.1, 0.15) is 13.2 Å². The molecule has 1 aliphatic heterocycles. The highest BCUT2D eigenvalue weighted by Gasteiger charge is 2.20. The van der Waals surface area contributed by atoms with Gasteiger partial charge in [0.2, 0.25) is 5.78 Å². The zero-order valence-corrected chi connectivity index (χ0v) is 19.0. The number of ketones is 1. The maximum absolute atomic E-state index is 12.8. The summed E-state index contributed by atoms with van der Waals surface area (Å²) in [6, 6.07) is 7.44. The van der Waals surface area contributed by atoms with E-state index in [1.807, 2.05) is 43.5 Å². The van der Waals surface area contributed by atoms with Crippen molar-refractivity contribution in [2.45, 2.75) is 33.7 Å². The number of carbonyl (C=O) groups is 2. The minimum Gasteiger partial charge on any atom is -0.486 e. The minimum atomic E-state index is -0.517. The quantitative estimate of drug-likeness (QED) is 0.401. The molecule has 4 rings (SSSR count). The lowest BCUT2D eigenvalue weighted by Crippen LogP contribution is -2.20. The number of aryl methyl sites for hydroxylation is 2. The van der Waals surface area contributed by atoms with E-state index in [0.717, 1.165) is 34.1 Å². The van der Waals surface area contributed by atoms with Crippen LogP contribution in [0.3, 0.4) is 0 Å². The third-order valence-electron chi connectivity index (χ3n) is 5.40. The summed E-state index contributed by atoms with van der Waals surface area (Å²) in [5.41, 5.74) is 3.78. The Kier molecular flexibility index (Phi) is 6.18. The highest BCUT2D eigenvalue weighted by Crippen LogP contribution is 2.33. The van der Waals surface area contributed by atoms with Crippen molar-refractivity contribution in [2.75, 3.05) is 19.8 Å². The van der Waals surface area contributed by atoms with E-state index in [4.69, 9.17) is 14.2 Å². The summed E-state index contributed by atoms with van der Waals surface area (Å²) < 4.78 is 19.9. The van der Waals surface area contributed by atoms with Gasteiger partial charge in [-0.05, 0) is 39.0 Å². The zero-order valence-electron chi connectivity index (χ0n) is 18.2. The first-order chi connectivity index (χ1) is 15.3. The summed E-state index contributed by atoms with van der Waals surface area (Å²) in [7, 11) is 0. The number of rotatable bonds is 7. The molecule has 1 aliphatic rings. The Morgan fingerprint density at radius 2 is 1.81 bits per heavy atom. The van der Waals surface area contributed by atoms with Gasteiger partial charge < -0.3 is 23.3 Å². The maximum Gasteiger partial charge on any atom is 0.308 e. The molecule has 0 fully saturated rings. The van der Waals surface area contributed by atoms with E-state index in [1.165, 1.54) is 4.57 Å². The van der Waals surface area contributed by atoms with Crippen LogP contribution in [0.15, 0.2) is 34.4 Å². The normalized spacial score (nSPS) is 12.6. The van der Waals surface area contributed by atoms with Crippen molar-refractivity contribution < 1.29 is 23.8 Å². The highest BCUT2D eigenvalue weighted by atomic mass is 32.1. The van der Waals surface area contributed by atoms with Crippen LogP contribution in [-0.4, -0.2) is 40.7 Å². The molecule has 0 N–H and O–H groups in total. The minimum absolute atomic E-state index is 0.0287. The molecule has 0 saturated heterocycles. The molecule has 2 aromatic heterocycles. The fourth-order valence-electron chi connectivity index (χ4n) is 3.79. The van der Waals surface area contributed by atoms with Crippen molar-refractivity contribution in [3.8, 4) is 17.2 Å². The molecule has 0 atom stereocenters. The van der Waals surface area contributed by atoms with Gasteiger partial charge >= 0.3 is 10.8 Å². The van der Waals surface area contributed by atoms with Gasteiger partial charge in [0, 0.05) is 46.3 Å². The van der Waals surface area contributed by atoms with Gasteiger partial charge in [-0.2, -0.15) is 0 Å². The van der Waals surface area contributed by atoms with Crippen molar-refractivity contribution in [3.05, 3.63) is 62.0 Å². The van der Waals surface area contributed by atoms with E-state index in [-0.39, 0.29) is 30.2 Å². The van der Waals surface area contributed by atoms with E-state index in [9.17, 15) is 14.4 Å². The third kappa shape index (κ3) is 4.34. The molecule has 0 spiro atoms. The van der Waals surface area contributed by atoms with Gasteiger partial charge in [0.25, 0.3) is 0 Å². The number of fused-ring (bicyclic) bond motifs is 1. The van der Waals surface area contributed by atoms with E-state index in [2.05, 4.69) is 0 Å². The Hall–Kier alpha value is -3.33. The summed E-state index contributed by atoms with van der Waals surface area (Å²) in [6.07, 6.45) is 0.0287. The van der Waals surface area contributed by atoms with E-state index >= 15 is 0 Å². The van der Waals surface area contributed by atoms with Gasteiger partial charge in [0.15, 0.2) is 18.1 Å². The summed E-state index contributed by atoms with van der Waals surface area (Å²) in [4.78, 5) is 36.5. The summed E-state index contributed by atoms with van der Waals surface area (Å²) >= 11 is 1.09. The van der Waals surface area contributed by atoms with Crippen LogP contribution in [0.5, 0.6) is 11.5 Å². The monoisotopic (exact) mass is 456 g/mol. The highest BCUT2D eigenvalue weighted by molar-refractivity contribution is 7.07. The molecule has 0 radical (unpaired) electrons. The molecule has 0 saturated carbocycles. The number of hydrogen-bond acceptors (Lipinski definition) is 7. The van der Waals surface area contributed by atoms with Crippen molar-refractivity contribution in [1.82, 2.24) is 9.13 Å². The lowest BCUT2D eigenvalue weighted by Gasteiger charge is -2.20. The molecule has 0 aliphatic carbocycles. The average molecular weight is 457 g/mol. The van der Waals surface area contributed by atoms with Crippen molar-refractivity contribution in [2.24, 2.45) is 0 Å². The Morgan fingerprint density at radius 1 is 1.06 bits per heavy atom. The van der Waals surface area contributed by atoms with Gasteiger partial charge in [-0.3, -0.25) is 14.4 Å². The number of nitrogens with zero attached hydrogens (tertiary/aromatic N) is 2. The summed E-state index contributed by atoms with van der Waals surface area (Å²) in [6.45, 7) is 6.48. The molecule has 0 unspecified atom stereocenters. The largest absolute Gasteiger partial charge is 0.486 e. The predicted octanol–water partition coefficient (Wildman–Crippen LogP) is 3.21. The van der Waals surface area contributed by atoms with Crippen molar-refractivity contribution >= 4 is 23.1 Å². The second kappa shape index (κ2) is 9.04. The van der Waals surface area contributed by atoms with Gasteiger partial charge in [0.05, 0.1) is 6.42 Å². The molecule has 3 heterocycles. The molecule has 3 aromatic rings. The summed E-state index contributed by atoms with van der Waals surface area (Å²) in [5, 5.41) is 1.74. The number of Topliss-reactive ketones (excluding diaryl/α,β-unsaturated/α-hetero) is 1. The number of thiazole rings is 1. The van der Waals surface area contributed by atoms with Crippen LogP contribution in [0.1, 0.15) is 33.9 Å². The standard InChI is InChI=1S/C23H24N2O6S/c1-14-10-18(16(3)25(14)17-4-5-20-21(11-17)30-9-8-29-20)19(26)12-31-22(27)6-7-24-15(2)13-32-23(24)28/h4-5,10-11,13H,6-9,12H2,1-3H3. The van der Waals surface area contributed by atoms with Gasteiger partial charge in [-0.15, -0.1) is 0 Å². The molecule has 0 amide bonds. The number of hydrogen-bond donors (Lipinski definition) is 0. The van der Waals surface area contributed by atoms with Crippen molar-refractivity contribution in [3.63, 3.8) is 0 Å². The Balaban J connectivity index is 1.42. The van der Waals surface area contributed by atoms with Crippen LogP contribution in [-0.2, 0) is 16.1 Å². The Bertz CT molecular complexity index is 1240. The van der Waals surface area contributed by atoms with Crippen LogP contribution in [0.4, 0.5) is 0 Å². The average Bonchev–Trinajstić information content (AvgIpc) is 3.27. The van der Waals surface area contributed by atoms with Crippen LogP contribution in [0, 0.1) is 20.8 Å². The Morgan fingerprint density at radius 3 is 2.53 bits per heavy atom. The third-order valence-corrected chi connectivity index (χ3v) is 6.28. The molecular weight excluding hydrogens is 432 g/mol. The molecule has 168 valence electrons. The summed E-state index contributed by atoms with van der Waals surface area (Å²) in [5.74, 6) is 0.573. The molecular formula is C23H24N2O6S. The molecule has 0 bridgehead atoms. The number of carbonyl (C=O) groups excluding carboxylic acids is 2. The smallest absolute Gasteiger partial charge is 0.308 e. The number of benzene rings is 1. The number of esters is 1. The lowest BCUT2D eigenvalue weighted by atomic mass is 10.1. The van der Waals surface area contributed by atoms with Crippen molar-refractivity contribution in [1.29, 1.82) is 0 Å². The van der Waals surface area contributed by atoms with E-state index in [0.29, 0.717) is 30.3 Å². The number of ether oxygens (including phenoxy) is 3. The molecule has 9 heteroatoms. The zero-order chi connectivity index (χ0) is 22.8. The second-order valence-electron chi connectivity index (χ2n) is 7.58. The van der Waals surface area contributed by atoms with Gasteiger partial charge in [-0.25, -0.2) is 0 Å². The predicted molar refractivity (Wildman–Crippen MR) is 119 cm³/mol. The first kappa shape index (κ1) is 21.9. The molecule has 8 nitrogen and oxygen atoms in total. The van der Waals surface area contributed by atoms with E-state index < -0.39 is 5.97 Å². The topological polar surface area (TPSA) is 88.8 Å². The van der Waals surface area contributed by atoms with Crippen LogP contribution < -0.4 is 14.3 Å². The maximum atomic E-state index is 12.8. The SMILES string of the molecule is Cc1cc(C(=O)COC(=O)CCn2c(C)csc2=O)c(C)n1-c1ccc2c(c1)OCCO2. The second-order valence-corrected chi connectivity index (χ2v) is 8.40. The van der Waals surface area contributed by atoms with Gasteiger partial charge in [-0.1, -0.05) is 11.3 Å². The fourth-order valence-corrected chi connectivity index (χ4v) is 4.55. The Labute approximate surface area is 189 Å².